The van der Waals surface area contributed by atoms with Crippen LogP contribution in [0.15, 0.2) is 30.5 Å². The van der Waals surface area contributed by atoms with Gasteiger partial charge in [-0.2, -0.15) is 0 Å². The van der Waals surface area contributed by atoms with E-state index in [1.165, 1.54) is 24.0 Å². The highest BCUT2D eigenvalue weighted by Crippen LogP contribution is 2.28. The largest absolute Gasteiger partial charge is 0.468 e. The van der Waals surface area contributed by atoms with Crippen molar-refractivity contribution in [3.8, 4) is 11.3 Å². The second-order valence-electron chi connectivity index (χ2n) is 8.35. The van der Waals surface area contributed by atoms with Crippen molar-refractivity contribution in [1.29, 1.82) is 0 Å². The van der Waals surface area contributed by atoms with Crippen molar-refractivity contribution in [2.45, 2.75) is 64.7 Å². The molecular formula is C23H35N3O2. The van der Waals surface area contributed by atoms with Gasteiger partial charge in [0, 0.05) is 5.92 Å². The highest BCUT2D eigenvalue weighted by molar-refractivity contribution is 5.59. The number of carbonyl (C=O) groups is 1. The van der Waals surface area contributed by atoms with Gasteiger partial charge >= 0.3 is 0 Å². The van der Waals surface area contributed by atoms with E-state index in [1.54, 1.807) is 0 Å². The van der Waals surface area contributed by atoms with Crippen LogP contribution in [0, 0.1) is 0 Å². The average molecular weight is 386 g/mol. The fourth-order valence-electron chi connectivity index (χ4n) is 3.21. The molecule has 2 N–H and O–H groups in total. The summed E-state index contributed by atoms with van der Waals surface area (Å²) in [6.45, 7) is 12.0. The summed E-state index contributed by atoms with van der Waals surface area (Å²) >= 11 is 0. The van der Waals surface area contributed by atoms with Crippen LogP contribution < -0.4 is 5.32 Å². The minimum Gasteiger partial charge on any atom is -0.468 e. The number of imidazole rings is 1. The second-order valence-corrected chi connectivity index (χ2v) is 8.35. The third-order valence-electron chi connectivity index (χ3n) is 5.07. The summed E-state index contributed by atoms with van der Waals surface area (Å²) in [4.78, 5) is 17.6. The van der Waals surface area contributed by atoms with Gasteiger partial charge in [-0.1, -0.05) is 58.4 Å². The van der Waals surface area contributed by atoms with E-state index < -0.39 is 0 Å². The molecule has 5 nitrogen and oxygen atoms in total. The Morgan fingerprint density at radius 3 is 2.43 bits per heavy atom. The number of rotatable bonds is 6. The van der Waals surface area contributed by atoms with E-state index >= 15 is 0 Å². The molecule has 0 spiro atoms. The van der Waals surface area contributed by atoms with Gasteiger partial charge in [0.25, 0.3) is 6.47 Å². The molecule has 0 bridgehead atoms. The van der Waals surface area contributed by atoms with Gasteiger partial charge < -0.3 is 15.0 Å². The van der Waals surface area contributed by atoms with E-state index in [1.807, 2.05) is 13.1 Å². The Morgan fingerprint density at radius 1 is 1.18 bits per heavy atom. The third kappa shape index (κ3) is 6.79. The molecule has 28 heavy (non-hydrogen) atoms. The normalized spacial score (nSPS) is 14.9. The molecule has 0 radical (unpaired) electrons. The maximum Gasteiger partial charge on any atom is 0.293 e. The van der Waals surface area contributed by atoms with Crippen molar-refractivity contribution in [3.05, 3.63) is 41.9 Å². The van der Waals surface area contributed by atoms with Crippen molar-refractivity contribution in [2.75, 3.05) is 19.7 Å². The summed E-state index contributed by atoms with van der Waals surface area (Å²) in [5.41, 5.74) is 3.91. The molecule has 2 heterocycles. The lowest BCUT2D eigenvalue weighted by atomic mass is 9.86. The smallest absolute Gasteiger partial charge is 0.293 e. The summed E-state index contributed by atoms with van der Waals surface area (Å²) in [5.74, 6) is 1.72. The molecule has 0 amide bonds. The van der Waals surface area contributed by atoms with Crippen molar-refractivity contribution in [2.24, 2.45) is 0 Å². The molecule has 3 rings (SSSR count). The number of aromatic nitrogens is 2. The molecule has 0 unspecified atom stereocenters. The fourth-order valence-corrected chi connectivity index (χ4v) is 3.21. The van der Waals surface area contributed by atoms with Crippen molar-refractivity contribution in [3.63, 3.8) is 0 Å². The number of nitrogens with zero attached hydrogens (tertiary/aromatic N) is 1. The molecule has 1 fully saturated rings. The molecule has 1 aromatic heterocycles. The first kappa shape index (κ1) is 22.2. The van der Waals surface area contributed by atoms with Crippen LogP contribution in [0.3, 0.4) is 0 Å². The number of H-pyrrole nitrogens is 1. The monoisotopic (exact) mass is 385 g/mol. The summed E-state index contributed by atoms with van der Waals surface area (Å²) in [5, 5.41) is 3.40. The third-order valence-corrected chi connectivity index (χ3v) is 5.07. The Balaban J connectivity index is 0.000000345. The number of hydrogen-bond donors (Lipinski definition) is 2. The van der Waals surface area contributed by atoms with E-state index in [2.05, 4.69) is 65.1 Å². The standard InChI is InChI=1S/C18H25N3.C5H10O2/c1-18(2,3)15-6-4-13(5-7-15)16-12-20-17(21-16)14-8-10-19-11-9-14;1-2-3-4-7-5-6/h4-7,12,14,19H,8-11H2,1-3H3,(H,20,21);5H,2-4H2,1H3. The zero-order valence-electron chi connectivity index (χ0n) is 17.8. The number of hydrogen-bond acceptors (Lipinski definition) is 4. The molecule has 5 heteroatoms. The minimum atomic E-state index is 0.201. The molecule has 1 aromatic carbocycles. The summed E-state index contributed by atoms with van der Waals surface area (Å²) in [6, 6.07) is 8.83. The molecule has 0 atom stereocenters. The molecule has 1 saturated heterocycles. The van der Waals surface area contributed by atoms with Crippen molar-refractivity contribution < 1.29 is 9.53 Å². The Hall–Kier alpha value is -2.14. The lowest BCUT2D eigenvalue weighted by Gasteiger charge is -2.20. The highest BCUT2D eigenvalue weighted by atomic mass is 16.5. The molecule has 0 saturated carbocycles. The number of unbranched alkanes of at least 4 members (excludes halogenated alkanes) is 1. The van der Waals surface area contributed by atoms with Crippen molar-refractivity contribution >= 4 is 6.47 Å². The van der Waals surface area contributed by atoms with Gasteiger partial charge in [-0.25, -0.2) is 4.98 Å². The maximum atomic E-state index is 9.46. The number of carbonyl (C=O) groups excluding carboxylic acids is 1. The van der Waals surface area contributed by atoms with Crippen LogP contribution in [0.1, 0.15) is 70.7 Å². The van der Waals surface area contributed by atoms with E-state index in [0.29, 0.717) is 19.0 Å². The number of ether oxygens (including phenoxy) is 1. The Kier molecular flexibility index (Phi) is 8.71. The summed E-state index contributed by atoms with van der Waals surface area (Å²) in [7, 11) is 0. The van der Waals surface area contributed by atoms with Gasteiger partial charge in [0.2, 0.25) is 0 Å². The van der Waals surface area contributed by atoms with Crippen LogP contribution in [0.25, 0.3) is 11.3 Å². The highest BCUT2D eigenvalue weighted by Gasteiger charge is 2.18. The molecule has 1 aliphatic rings. The molecule has 154 valence electrons. The minimum absolute atomic E-state index is 0.201. The van der Waals surface area contributed by atoms with Crippen molar-refractivity contribution in [1.82, 2.24) is 15.3 Å². The summed E-state index contributed by atoms with van der Waals surface area (Å²) < 4.78 is 4.39. The fraction of sp³-hybridized carbons (Fsp3) is 0.565. The molecule has 2 aromatic rings. The van der Waals surface area contributed by atoms with Crippen LogP contribution in [0.5, 0.6) is 0 Å². The molecule has 0 aliphatic carbocycles. The first-order valence-electron chi connectivity index (χ1n) is 10.4. The van der Waals surface area contributed by atoms with Crippen LogP contribution in [-0.4, -0.2) is 36.1 Å². The topological polar surface area (TPSA) is 67.0 Å². The predicted octanol–water partition coefficient (Wildman–Crippen LogP) is 4.80. The Bertz CT molecular complexity index is 695. The van der Waals surface area contributed by atoms with Gasteiger partial charge in [-0.15, -0.1) is 0 Å². The van der Waals surface area contributed by atoms with Gasteiger partial charge in [0.1, 0.15) is 5.82 Å². The van der Waals surface area contributed by atoms with E-state index in [9.17, 15) is 4.79 Å². The van der Waals surface area contributed by atoms with Gasteiger partial charge in [-0.05, 0) is 48.9 Å². The van der Waals surface area contributed by atoms with E-state index in [0.717, 1.165) is 37.4 Å². The second kappa shape index (κ2) is 11.0. The van der Waals surface area contributed by atoms with Crippen LogP contribution in [-0.2, 0) is 14.9 Å². The van der Waals surface area contributed by atoms with Gasteiger partial charge in [0.05, 0.1) is 18.5 Å². The average Bonchev–Trinajstić information content (AvgIpc) is 3.19. The number of benzene rings is 1. The van der Waals surface area contributed by atoms with Gasteiger partial charge in [-0.3, -0.25) is 4.79 Å². The number of aromatic amines is 1. The van der Waals surface area contributed by atoms with E-state index in [-0.39, 0.29) is 5.41 Å². The van der Waals surface area contributed by atoms with Gasteiger partial charge in [0.15, 0.2) is 0 Å². The summed E-state index contributed by atoms with van der Waals surface area (Å²) in [6.07, 6.45) is 6.38. The Morgan fingerprint density at radius 2 is 1.86 bits per heavy atom. The first-order chi connectivity index (χ1) is 13.5. The van der Waals surface area contributed by atoms with Crippen LogP contribution in [0.2, 0.25) is 0 Å². The maximum absolute atomic E-state index is 9.46. The SMILES string of the molecule is CC(C)(C)c1ccc(-c2cnc(C3CCNCC3)[nH]2)cc1.CCCCOC=O. The quantitative estimate of drug-likeness (QED) is 0.554. The first-order valence-corrected chi connectivity index (χ1v) is 10.4. The van der Waals surface area contributed by atoms with Crippen LogP contribution >= 0.6 is 0 Å². The zero-order valence-corrected chi connectivity index (χ0v) is 17.8. The van der Waals surface area contributed by atoms with E-state index in [4.69, 9.17) is 0 Å². The predicted molar refractivity (Wildman–Crippen MR) is 114 cm³/mol. The number of nitrogens with one attached hydrogen (secondary N) is 2. The lowest BCUT2D eigenvalue weighted by molar-refractivity contribution is -0.128. The lowest BCUT2D eigenvalue weighted by Crippen LogP contribution is -2.27. The number of piperidine rings is 1. The molecule has 1 aliphatic heterocycles. The zero-order chi connectivity index (χ0) is 20.4. The Labute approximate surface area is 169 Å². The van der Waals surface area contributed by atoms with Crippen LogP contribution in [0.4, 0.5) is 0 Å². The molecular weight excluding hydrogens is 350 g/mol.